The van der Waals surface area contributed by atoms with E-state index in [1.165, 1.54) is 11.1 Å². The fourth-order valence-corrected chi connectivity index (χ4v) is 4.34. The van der Waals surface area contributed by atoms with Crippen LogP contribution in [-0.4, -0.2) is 34.0 Å². The summed E-state index contributed by atoms with van der Waals surface area (Å²) in [7, 11) is 2.35. The number of benzene rings is 2. The van der Waals surface area contributed by atoms with E-state index in [0.717, 1.165) is 22.7 Å². The molecule has 0 amide bonds. The quantitative estimate of drug-likeness (QED) is 0.579. The summed E-state index contributed by atoms with van der Waals surface area (Å²) in [6.45, 7) is 2.88. The second kappa shape index (κ2) is 11.6. The maximum Gasteiger partial charge on any atom is 0.344 e. The van der Waals surface area contributed by atoms with Crippen LogP contribution in [0, 0.1) is 6.92 Å². The van der Waals surface area contributed by atoms with Gasteiger partial charge < -0.3 is 13.3 Å². The van der Waals surface area contributed by atoms with Crippen LogP contribution in [0.3, 0.4) is 0 Å². The minimum absolute atomic E-state index is 0.129. The molecule has 2 aromatic rings. The van der Waals surface area contributed by atoms with Gasteiger partial charge in [-0.3, -0.25) is 0 Å². The van der Waals surface area contributed by atoms with Crippen LogP contribution in [0.15, 0.2) is 54.6 Å². The van der Waals surface area contributed by atoms with Gasteiger partial charge in [0.25, 0.3) is 0 Å². The number of hydrogen-bond acceptors (Lipinski definition) is 3. The van der Waals surface area contributed by atoms with E-state index in [1.54, 1.807) is 14.2 Å². The standard InChI is InChI=1S/C9H13ClO2Si.C8H12OSi/c1-11-13(12-2)9(10)8-6-4-3-5-7-8;1-7-4-2-3-5-8(7)6-9-10/h3-7,9,13H,1-2H3;2-5H,6H2,1,10H3. The van der Waals surface area contributed by atoms with Crippen molar-refractivity contribution in [3.63, 3.8) is 0 Å². The van der Waals surface area contributed by atoms with Crippen LogP contribution in [0.25, 0.3) is 0 Å². The monoisotopic (exact) mass is 368 g/mol. The molecule has 0 spiro atoms. The SMILES string of the molecule is CO[SiH](OC)C(Cl)c1ccccc1.Cc1ccccc1CO[SiH3]. The van der Waals surface area contributed by atoms with Crippen molar-refractivity contribution < 1.29 is 13.3 Å². The first-order valence-corrected chi connectivity index (χ1v) is 10.3. The van der Waals surface area contributed by atoms with E-state index < -0.39 is 9.28 Å². The third-order valence-corrected chi connectivity index (χ3v) is 6.33. The third-order valence-electron chi connectivity index (χ3n) is 3.38. The van der Waals surface area contributed by atoms with Crippen molar-refractivity contribution in [2.75, 3.05) is 14.2 Å². The second-order valence-electron chi connectivity index (χ2n) is 5.01. The average molecular weight is 369 g/mol. The summed E-state index contributed by atoms with van der Waals surface area (Å²) in [5.74, 6) is 0. The maximum atomic E-state index is 6.18. The van der Waals surface area contributed by atoms with Crippen LogP contribution in [0.4, 0.5) is 0 Å². The minimum atomic E-state index is -1.75. The number of alkyl halides is 1. The number of halogens is 1. The van der Waals surface area contributed by atoms with Crippen molar-refractivity contribution in [2.24, 2.45) is 0 Å². The summed E-state index contributed by atoms with van der Waals surface area (Å²) in [6.07, 6.45) is 0. The highest BCUT2D eigenvalue weighted by Gasteiger charge is 2.23. The lowest BCUT2D eigenvalue weighted by Crippen LogP contribution is -2.25. The molecule has 2 rings (SSSR count). The Morgan fingerprint density at radius 3 is 2.09 bits per heavy atom. The topological polar surface area (TPSA) is 27.7 Å². The largest absolute Gasteiger partial charge is 0.424 e. The minimum Gasteiger partial charge on any atom is -0.424 e. The van der Waals surface area contributed by atoms with Crippen molar-refractivity contribution in [3.05, 3.63) is 71.3 Å². The molecule has 126 valence electrons. The molecule has 0 aliphatic rings. The molecule has 6 heteroatoms. The lowest BCUT2D eigenvalue weighted by Gasteiger charge is -2.16. The summed E-state index contributed by atoms with van der Waals surface area (Å²) in [5, 5.41) is -0.129. The van der Waals surface area contributed by atoms with Crippen molar-refractivity contribution in [3.8, 4) is 0 Å². The van der Waals surface area contributed by atoms with Crippen molar-refractivity contribution in [1.29, 1.82) is 0 Å². The highest BCUT2D eigenvalue weighted by atomic mass is 35.5. The predicted octanol–water partition coefficient (Wildman–Crippen LogP) is 2.81. The summed E-state index contributed by atoms with van der Waals surface area (Å²) >= 11 is 6.18. The smallest absolute Gasteiger partial charge is 0.344 e. The van der Waals surface area contributed by atoms with E-state index in [1.807, 2.05) is 42.5 Å². The Hall–Kier alpha value is -0.956. The normalized spacial score (nSPS) is 11.9. The molecule has 0 bridgehead atoms. The molecule has 0 saturated carbocycles. The molecule has 0 heterocycles. The van der Waals surface area contributed by atoms with Crippen LogP contribution in [0.1, 0.15) is 21.7 Å². The molecule has 1 unspecified atom stereocenters. The average Bonchev–Trinajstić information content (AvgIpc) is 2.59. The first-order valence-electron chi connectivity index (χ1n) is 7.42. The lowest BCUT2D eigenvalue weighted by molar-refractivity contribution is 0.275. The van der Waals surface area contributed by atoms with Crippen molar-refractivity contribution >= 4 is 31.4 Å². The van der Waals surface area contributed by atoms with Crippen LogP contribution < -0.4 is 0 Å². The Balaban J connectivity index is 0.000000238. The van der Waals surface area contributed by atoms with Gasteiger partial charge in [0.1, 0.15) is 10.5 Å². The summed E-state index contributed by atoms with van der Waals surface area (Å²) in [4.78, 5) is 0. The molecule has 0 aromatic heterocycles. The van der Waals surface area contributed by atoms with Gasteiger partial charge in [-0.2, -0.15) is 0 Å². The Kier molecular flexibility index (Phi) is 10.1. The zero-order valence-electron chi connectivity index (χ0n) is 14.2. The highest BCUT2D eigenvalue weighted by molar-refractivity contribution is 6.58. The molecule has 1 atom stereocenters. The Bertz CT molecular complexity index is 551. The second-order valence-corrected chi connectivity index (χ2v) is 8.83. The van der Waals surface area contributed by atoms with Gasteiger partial charge in [0.05, 0.1) is 11.6 Å². The van der Waals surface area contributed by atoms with Gasteiger partial charge in [0, 0.05) is 14.2 Å². The van der Waals surface area contributed by atoms with E-state index in [9.17, 15) is 0 Å². The summed E-state index contributed by atoms with van der Waals surface area (Å²) < 4.78 is 15.5. The van der Waals surface area contributed by atoms with Crippen LogP contribution in [0.5, 0.6) is 0 Å². The van der Waals surface area contributed by atoms with Crippen LogP contribution in [0.2, 0.25) is 0 Å². The van der Waals surface area contributed by atoms with Crippen molar-refractivity contribution in [2.45, 2.75) is 18.5 Å². The van der Waals surface area contributed by atoms with Gasteiger partial charge >= 0.3 is 9.28 Å². The Morgan fingerprint density at radius 2 is 1.57 bits per heavy atom. The van der Waals surface area contributed by atoms with Gasteiger partial charge in [-0.15, -0.1) is 11.6 Å². The fraction of sp³-hybridized carbons (Fsp3) is 0.294. The molecule has 0 aliphatic heterocycles. The molecule has 23 heavy (non-hydrogen) atoms. The summed E-state index contributed by atoms with van der Waals surface area (Å²) in [6, 6.07) is 18.1. The van der Waals surface area contributed by atoms with Crippen LogP contribution in [-0.2, 0) is 19.9 Å². The molecule has 0 radical (unpaired) electrons. The molecular weight excluding hydrogens is 344 g/mol. The predicted molar refractivity (Wildman–Crippen MR) is 102 cm³/mol. The molecule has 3 nitrogen and oxygen atoms in total. The van der Waals surface area contributed by atoms with E-state index >= 15 is 0 Å². The zero-order chi connectivity index (χ0) is 17.1. The Labute approximate surface area is 148 Å². The van der Waals surface area contributed by atoms with Crippen LogP contribution >= 0.6 is 11.6 Å². The fourth-order valence-electron chi connectivity index (χ4n) is 2.06. The summed E-state index contributed by atoms with van der Waals surface area (Å²) in [5.41, 5.74) is 3.68. The third kappa shape index (κ3) is 6.99. The van der Waals surface area contributed by atoms with Gasteiger partial charge in [-0.25, -0.2) is 0 Å². The van der Waals surface area contributed by atoms with Gasteiger partial charge in [0.15, 0.2) is 0 Å². The Morgan fingerprint density at radius 1 is 1.00 bits per heavy atom. The van der Waals surface area contributed by atoms with Gasteiger partial charge in [0.2, 0.25) is 0 Å². The first-order chi connectivity index (χ1) is 11.1. The molecule has 0 fully saturated rings. The highest BCUT2D eigenvalue weighted by Crippen LogP contribution is 2.23. The van der Waals surface area contributed by atoms with E-state index in [4.69, 9.17) is 24.9 Å². The van der Waals surface area contributed by atoms with Gasteiger partial charge in [-0.05, 0) is 23.6 Å². The molecular formula is C17H25ClO3Si2. The van der Waals surface area contributed by atoms with E-state index in [0.29, 0.717) is 0 Å². The maximum absolute atomic E-state index is 6.18. The molecule has 0 saturated heterocycles. The van der Waals surface area contributed by atoms with E-state index in [-0.39, 0.29) is 5.00 Å². The lowest BCUT2D eigenvalue weighted by atomic mass is 10.1. The number of aryl methyl sites for hydroxylation is 1. The zero-order valence-corrected chi connectivity index (χ0v) is 18.1. The molecule has 0 aliphatic carbocycles. The number of hydrogen-bond donors (Lipinski definition) is 0. The molecule has 2 aromatic carbocycles. The van der Waals surface area contributed by atoms with E-state index in [2.05, 4.69) is 19.1 Å². The van der Waals surface area contributed by atoms with Gasteiger partial charge in [-0.1, -0.05) is 54.6 Å². The number of rotatable bonds is 6. The first kappa shape index (κ1) is 20.1. The van der Waals surface area contributed by atoms with Crippen molar-refractivity contribution in [1.82, 2.24) is 0 Å². The molecule has 0 N–H and O–H groups in total.